The average molecular weight is 343 g/mol. The van der Waals surface area contributed by atoms with E-state index in [0.717, 1.165) is 29.0 Å². The molecule has 0 aromatic carbocycles. The smallest absolute Gasteiger partial charge is 0.244 e. The second-order valence-electron chi connectivity index (χ2n) is 6.57. The lowest BCUT2D eigenvalue weighted by molar-refractivity contribution is -0.131. The Morgan fingerprint density at radius 1 is 1.32 bits per heavy atom. The molecule has 8 heteroatoms. The van der Waals surface area contributed by atoms with Crippen LogP contribution < -0.4 is 0 Å². The van der Waals surface area contributed by atoms with Crippen molar-refractivity contribution in [3.05, 3.63) is 29.8 Å². The van der Waals surface area contributed by atoms with E-state index in [-0.39, 0.29) is 18.5 Å². The highest BCUT2D eigenvalue weighted by Crippen LogP contribution is 2.20. The monoisotopic (exact) mass is 343 g/mol. The molecule has 0 aliphatic rings. The lowest BCUT2D eigenvalue weighted by atomic mass is 10.3. The van der Waals surface area contributed by atoms with Crippen molar-refractivity contribution in [2.24, 2.45) is 0 Å². The second kappa shape index (κ2) is 6.70. The fraction of sp³-hybridized carbons (Fsp3) is 0.529. The van der Waals surface area contributed by atoms with Gasteiger partial charge in [-0.05, 0) is 33.8 Å². The number of rotatable bonds is 6. The maximum atomic E-state index is 12.6. The molecule has 134 valence electrons. The predicted molar refractivity (Wildman–Crippen MR) is 95.0 cm³/mol. The number of hydrogen-bond donors (Lipinski definition) is 0. The molecule has 3 aromatic heterocycles. The number of amides is 1. The molecule has 25 heavy (non-hydrogen) atoms. The maximum Gasteiger partial charge on any atom is 0.244 e. The number of likely N-dealkylation sites (N-methyl/N-ethyl adjacent to an activating group) is 1. The molecular weight excluding hydrogens is 318 g/mol. The van der Waals surface area contributed by atoms with Crippen LogP contribution in [0.4, 0.5) is 0 Å². The standard InChI is InChI=1S/C17H25N7O/c1-6-23-14(7-8-18-23)9-21(5)16(25)11-22-10-15-17(20-22)13(4)19-24(15)12(2)3/h7-8,10,12H,6,9,11H2,1-5H3. The molecule has 0 N–H and O–H groups in total. The number of aryl methyl sites for hydroxylation is 2. The van der Waals surface area contributed by atoms with Gasteiger partial charge in [-0.2, -0.15) is 15.3 Å². The van der Waals surface area contributed by atoms with E-state index in [1.165, 1.54) is 0 Å². The van der Waals surface area contributed by atoms with Gasteiger partial charge in [0, 0.05) is 25.8 Å². The van der Waals surface area contributed by atoms with Crippen molar-refractivity contribution in [2.45, 2.75) is 53.4 Å². The van der Waals surface area contributed by atoms with Gasteiger partial charge in [-0.25, -0.2) is 0 Å². The van der Waals surface area contributed by atoms with E-state index in [9.17, 15) is 4.79 Å². The zero-order chi connectivity index (χ0) is 18.1. The SMILES string of the molecule is CCn1nccc1CN(C)C(=O)Cn1cc2c(n1)c(C)nn2C(C)C. The van der Waals surface area contributed by atoms with E-state index in [2.05, 4.69) is 29.1 Å². The minimum Gasteiger partial charge on any atom is -0.338 e. The van der Waals surface area contributed by atoms with Crippen molar-refractivity contribution in [3.8, 4) is 0 Å². The molecule has 0 radical (unpaired) electrons. The van der Waals surface area contributed by atoms with E-state index in [1.807, 2.05) is 35.5 Å². The second-order valence-corrected chi connectivity index (χ2v) is 6.57. The summed E-state index contributed by atoms with van der Waals surface area (Å²) in [6, 6.07) is 2.19. The van der Waals surface area contributed by atoms with Gasteiger partial charge in [0.15, 0.2) is 0 Å². The summed E-state index contributed by atoms with van der Waals surface area (Å²) in [5, 5.41) is 13.3. The highest BCUT2D eigenvalue weighted by atomic mass is 16.2. The third kappa shape index (κ3) is 3.29. The number of carbonyl (C=O) groups is 1. The van der Waals surface area contributed by atoms with Gasteiger partial charge in [-0.3, -0.25) is 18.8 Å². The van der Waals surface area contributed by atoms with Crippen LogP contribution in [0.5, 0.6) is 0 Å². The van der Waals surface area contributed by atoms with Crippen LogP contribution in [0.2, 0.25) is 0 Å². The summed E-state index contributed by atoms with van der Waals surface area (Å²) < 4.78 is 5.54. The fourth-order valence-electron chi connectivity index (χ4n) is 2.94. The predicted octanol–water partition coefficient (Wildman–Crippen LogP) is 2.00. The fourth-order valence-corrected chi connectivity index (χ4v) is 2.94. The van der Waals surface area contributed by atoms with Gasteiger partial charge in [0.05, 0.1) is 24.1 Å². The Morgan fingerprint density at radius 3 is 2.76 bits per heavy atom. The van der Waals surface area contributed by atoms with E-state index in [1.54, 1.807) is 22.8 Å². The first-order valence-electron chi connectivity index (χ1n) is 8.57. The lowest BCUT2D eigenvalue weighted by Crippen LogP contribution is -2.30. The number of carbonyl (C=O) groups excluding carboxylic acids is 1. The normalized spacial score (nSPS) is 11.6. The summed E-state index contributed by atoms with van der Waals surface area (Å²) in [5.74, 6) is 0.00992. The Kier molecular flexibility index (Phi) is 4.61. The van der Waals surface area contributed by atoms with Gasteiger partial charge >= 0.3 is 0 Å². The van der Waals surface area contributed by atoms with Crippen LogP contribution in [0.25, 0.3) is 11.0 Å². The largest absolute Gasteiger partial charge is 0.338 e. The molecule has 8 nitrogen and oxygen atoms in total. The summed E-state index contributed by atoms with van der Waals surface area (Å²) in [5.41, 5.74) is 3.73. The Bertz CT molecular complexity index is 886. The van der Waals surface area contributed by atoms with Crippen LogP contribution in [0.15, 0.2) is 18.5 Å². The molecule has 0 saturated heterocycles. The van der Waals surface area contributed by atoms with Crippen LogP contribution in [0.1, 0.15) is 38.2 Å². The molecule has 0 atom stereocenters. The van der Waals surface area contributed by atoms with Crippen LogP contribution in [0, 0.1) is 6.92 Å². The molecular formula is C17H25N7O. The van der Waals surface area contributed by atoms with Gasteiger partial charge in [-0.15, -0.1) is 0 Å². The van der Waals surface area contributed by atoms with E-state index >= 15 is 0 Å². The molecule has 0 saturated carbocycles. The van der Waals surface area contributed by atoms with Gasteiger partial charge in [0.1, 0.15) is 17.6 Å². The molecule has 0 aliphatic heterocycles. The lowest BCUT2D eigenvalue weighted by Gasteiger charge is -2.17. The minimum absolute atomic E-state index is 0.00992. The summed E-state index contributed by atoms with van der Waals surface area (Å²) in [6.07, 6.45) is 3.66. The molecule has 0 unspecified atom stereocenters. The number of nitrogens with zero attached hydrogens (tertiary/aromatic N) is 7. The van der Waals surface area contributed by atoms with Crippen molar-refractivity contribution in [1.29, 1.82) is 0 Å². The first kappa shape index (κ1) is 17.2. The topological polar surface area (TPSA) is 73.8 Å². The third-order valence-electron chi connectivity index (χ3n) is 4.30. The van der Waals surface area contributed by atoms with Crippen molar-refractivity contribution in [2.75, 3.05) is 7.05 Å². The quantitative estimate of drug-likeness (QED) is 0.686. The third-order valence-corrected chi connectivity index (χ3v) is 4.30. The molecule has 0 bridgehead atoms. The van der Waals surface area contributed by atoms with Crippen molar-refractivity contribution in [1.82, 2.24) is 34.2 Å². The summed E-state index contributed by atoms with van der Waals surface area (Å²) >= 11 is 0. The van der Waals surface area contributed by atoms with Gasteiger partial charge in [0.2, 0.25) is 5.91 Å². The van der Waals surface area contributed by atoms with Gasteiger partial charge in [-0.1, -0.05) is 0 Å². The van der Waals surface area contributed by atoms with E-state index in [0.29, 0.717) is 6.54 Å². The maximum absolute atomic E-state index is 12.6. The molecule has 0 fully saturated rings. The summed E-state index contributed by atoms with van der Waals surface area (Å²) in [7, 11) is 1.81. The Balaban J connectivity index is 1.74. The number of hydrogen-bond acceptors (Lipinski definition) is 4. The first-order chi connectivity index (χ1) is 11.9. The molecule has 3 rings (SSSR count). The molecule has 0 aliphatic carbocycles. The molecule has 0 spiro atoms. The zero-order valence-corrected chi connectivity index (χ0v) is 15.5. The highest BCUT2D eigenvalue weighted by molar-refractivity contribution is 5.79. The van der Waals surface area contributed by atoms with Crippen LogP contribution in [0.3, 0.4) is 0 Å². The number of aromatic nitrogens is 6. The molecule has 1 amide bonds. The Hall–Kier alpha value is -2.64. The van der Waals surface area contributed by atoms with Crippen molar-refractivity contribution >= 4 is 16.9 Å². The average Bonchev–Trinajstić information content (AvgIpc) is 3.24. The van der Waals surface area contributed by atoms with Crippen LogP contribution in [-0.2, 0) is 24.4 Å². The van der Waals surface area contributed by atoms with Gasteiger partial charge < -0.3 is 4.90 Å². The summed E-state index contributed by atoms with van der Waals surface area (Å²) in [4.78, 5) is 14.3. The van der Waals surface area contributed by atoms with Crippen LogP contribution in [-0.4, -0.2) is 47.2 Å². The Labute approximate surface area is 147 Å². The van der Waals surface area contributed by atoms with E-state index < -0.39 is 0 Å². The molecule has 3 aromatic rings. The zero-order valence-electron chi connectivity index (χ0n) is 15.5. The summed E-state index contributed by atoms with van der Waals surface area (Å²) in [6.45, 7) is 9.68. The minimum atomic E-state index is 0.00992. The van der Waals surface area contributed by atoms with E-state index in [4.69, 9.17) is 0 Å². The van der Waals surface area contributed by atoms with Crippen molar-refractivity contribution < 1.29 is 4.79 Å². The Morgan fingerprint density at radius 2 is 2.08 bits per heavy atom. The highest BCUT2D eigenvalue weighted by Gasteiger charge is 2.17. The van der Waals surface area contributed by atoms with Gasteiger partial charge in [0.25, 0.3) is 0 Å². The number of fused-ring (bicyclic) bond motifs is 1. The molecule has 3 heterocycles. The van der Waals surface area contributed by atoms with Crippen molar-refractivity contribution in [3.63, 3.8) is 0 Å². The van der Waals surface area contributed by atoms with Crippen LogP contribution >= 0.6 is 0 Å². The first-order valence-corrected chi connectivity index (χ1v) is 8.57.